The second-order valence-corrected chi connectivity index (χ2v) is 5.39. The maximum Gasteiger partial charge on any atom is 0.417 e. The van der Waals surface area contributed by atoms with Gasteiger partial charge in [-0.25, -0.2) is 0 Å². The molecule has 126 valence electrons. The predicted octanol–water partition coefficient (Wildman–Crippen LogP) is 3.12. The van der Waals surface area contributed by atoms with Gasteiger partial charge < -0.3 is 9.64 Å². The summed E-state index contributed by atoms with van der Waals surface area (Å²) in [6.07, 6.45) is -3.46. The highest BCUT2D eigenvalue weighted by atomic mass is 19.4. The monoisotopic (exact) mass is 329 g/mol. The third-order valence-corrected chi connectivity index (χ3v) is 3.79. The lowest BCUT2D eigenvalue weighted by Crippen LogP contribution is -2.43. The van der Waals surface area contributed by atoms with Crippen molar-refractivity contribution < 1.29 is 27.5 Å². The minimum Gasteiger partial charge on any atom is -0.466 e. The number of nitrogens with zero attached hydrogens (tertiary/aromatic N) is 1. The Morgan fingerprint density at radius 3 is 2.65 bits per heavy atom. The van der Waals surface area contributed by atoms with Crippen LogP contribution in [0.2, 0.25) is 0 Å². The van der Waals surface area contributed by atoms with E-state index in [-0.39, 0.29) is 18.7 Å². The molecule has 0 spiro atoms. The molecule has 0 saturated carbocycles. The highest BCUT2D eigenvalue weighted by Crippen LogP contribution is 2.33. The number of hydrogen-bond acceptors (Lipinski definition) is 3. The molecule has 1 heterocycles. The van der Waals surface area contributed by atoms with E-state index in [2.05, 4.69) is 0 Å². The molecule has 1 amide bonds. The molecule has 1 atom stereocenters. The smallest absolute Gasteiger partial charge is 0.417 e. The second kappa shape index (κ2) is 7.02. The van der Waals surface area contributed by atoms with Gasteiger partial charge in [0, 0.05) is 13.1 Å². The van der Waals surface area contributed by atoms with Crippen LogP contribution in [0.3, 0.4) is 0 Å². The van der Waals surface area contributed by atoms with E-state index in [4.69, 9.17) is 4.74 Å². The zero-order valence-electron chi connectivity index (χ0n) is 12.7. The minimum absolute atomic E-state index is 0.0872. The van der Waals surface area contributed by atoms with Crippen molar-refractivity contribution in [2.45, 2.75) is 25.9 Å². The fourth-order valence-electron chi connectivity index (χ4n) is 2.70. The first-order chi connectivity index (χ1) is 10.8. The third-order valence-electron chi connectivity index (χ3n) is 3.79. The summed E-state index contributed by atoms with van der Waals surface area (Å²) in [6, 6.07) is 4.70. The molecule has 23 heavy (non-hydrogen) atoms. The van der Waals surface area contributed by atoms with Crippen molar-refractivity contribution in [2.24, 2.45) is 5.92 Å². The maximum atomic E-state index is 13.0. The summed E-state index contributed by atoms with van der Waals surface area (Å²) in [5, 5.41) is 0. The van der Waals surface area contributed by atoms with E-state index in [1.807, 2.05) is 0 Å². The largest absolute Gasteiger partial charge is 0.466 e. The van der Waals surface area contributed by atoms with Crippen LogP contribution >= 0.6 is 0 Å². The van der Waals surface area contributed by atoms with Gasteiger partial charge in [-0.2, -0.15) is 13.2 Å². The van der Waals surface area contributed by atoms with Crippen molar-refractivity contribution >= 4 is 11.9 Å². The van der Waals surface area contributed by atoms with Crippen LogP contribution in [0.15, 0.2) is 24.3 Å². The lowest BCUT2D eigenvalue weighted by atomic mass is 9.96. The average Bonchev–Trinajstić information content (AvgIpc) is 2.54. The number of halogens is 3. The number of alkyl halides is 3. The molecule has 0 radical (unpaired) electrons. The molecule has 0 aliphatic carbocycles. The molecule has 2 rings (SSSR count). The zero-order valence-corrected chi connectivity index (χ0v) is 12.7. The number of hydrogen-bond donors (Lipinski definition) is 0. The van der Waals surface area contributed by atoms with E-state index in [9.17, 15) is 22.8 Å². The van der Waals surface area contributed by atoms with Crippen molar-refractivity contribution in [1.82, 2.24) is 4.90 Å². The fraction of sp³-hybridized carbons (Fsp3) is 0.500. The number of rotatable bonds is 3. The Kier molecular flexibility index (Phi) is 5.28. The van der Waals surface area contributed by atoms with Gasteiger partial charge in [0.2, 0.25) is 0 Å². The Bertz CT molecular complexity index is 586. The van der Waals surface area contributed by atoms with E-state index in [1.54, 1.807) is 6.92 Å². The van der Waals surface area contributed by atoms with Crippen molar-refractivity contribution in [3.8, 4) is 0 Å². The van der Waals surface area contributed by atoms with Crippen molar-refractivity contribution in [3.63, 3.8) is 0 Å². The van der Waals surface area contributed by atoms with Crippen LogP contribution in [0.5, 0.6) is 0 Å². The molecular weight excluding hydrogens is 311 g/mol. The number of likely N-dealkylation sites (tertiary alicyclic amines) is 1. The SMILES string of the molecule is CCOC(=O)[C@@H]1CCCN(C(=O)c2ccccc2C(F)(F)F)C1. The predicted molar refractivity (Wildman–Crippen MR) is 76.7 cm³/mol. The molecule has 0 unspecified atom stereocenters. The van der Waals surface area contributed by atoms with Crippen LogP contribution in [0.1, 0.15) is 35.7 Å². The number of benzene rings is 1. The molecule has 4 nitrogen and oxygen atoms in total. The minimum atomic E-state index is -4.59. The van der Waals surface area contributed by atoms with Crippen molar-refractivity contribution in [2.75, 3.05) is 19.7 Å². The van der Waals surface area contributed by atoms with Crippen LogP contribution in [0.25, 0.3) is 0 Å². The molecule has 0 bridgehead atoms. The summed E-state index contributed by atoms with van der Waals surface area (Å²) in [5.74, 6) is -1.59. The Hall–Kier alpha value is -2.05. The quantitative estimate of drug-likeness (QED) is 0.801. The van der Waals surface area contributed by atoms with Gasteiger partial charge in [-0.3, -0.25) is 9.59 Å². The Labute approximate surface area is 132 Å². The molecule has 1 aromatic rings. The van der Waals surface area contributed by atoms with Gasteiger partial charge in [-0.05, 0) is 31.9 Å². The highest BCUT2D eigenvalue weighted by molar-refractivity contribution is 5.96. The van der Waals surface area contributed by atoms with Crippen LogP contribution in [-0.4, -0.2) is 36.5 Å². The van der Waals surface area contributed by atoms with Crippen LogP contribution in [-0.2, 0) is 15.7 Å². The lowest BCUT2D eigenvalue weighted by Gasteiger charge is -2.32. The van der Waals surface area contributed by atoms with E-state index >= 15 is 0 Å². The van der Waals surface area contributed by atoms with Gasteiger partial charge in [0.05, 0.1) is 23.7 Å². The third kappa shape index (κ3) is 4.03. The normalized spacial score (nSPS) is 18.6. The number of ether oxygens (including phenoxy) is 1. The number of piperidine rings is 1. The molecule has 1 fully saturated rings. The number of esters is 1. The summed E-state index contributed by atoms with van der Waals surface area (Å²) in [5.41, 5.74) is -1.34. The molecule has 7 heteroatoms. The standard InChI is InChI=1S/C16H18F3NO3/c1-2-23-15(22)11-6-5-9-20(10-11)14(21)12-7-3-4-8-13(12)16(17,18)19/h3-4,7-8,11H,2,5-6,9-10H2,1H3/t11-/m1/s1. The van der Waals surface area contributed by atoms with E-state index in [0.717, 1.165) is 6.07 Å². The van der Waals surface area contributed by atoms with E-state index < -0.39 is 29.5 Å². The second-order valence-electron chi connectivity index (χ2n) is 5.39. The van der Waals surface area contributed by atoms with Crippen LogP contribution in [0.4, 0.5) is 13.2 Å². The topological polar surface area (TPSA) is 46.6 Å². The van der Waals surface area contributed by atoms with Crippen LogP contribution in [0, 0.1) is 5.92 Å². The van der Waals surface area contributed by atoms with Gasteiger partial charge in [0.1, 0.15) is 0 Å². The van der Waals surface area contributed by atoms with E-state index in [1.165, 1.54) is 23.1 Å². The van der Waals surface area contributed by atoms with Gasteiger partial charge in [-0.1, -0.05) is 12.1 Å². The summed E-state index contributed by atoms with van der Waals surface area (Å²) in [4.78, 5) is 25.6. The number of carbonyl (C=O) groups excluding carboxylic acids is 2. The first kappa shape index (κ1) is 17.3. The first-order valence-electron chi connectivity index (χ1n) is 7.46. The summed E-state index contributed by atoms with van der Waals surface area (Å²) >= 11 is 0. The number of amides is 1. The molecular formula is C16H18F3NO3. The van der Waals surface area contributed by atoms with Gasteiger partial charge in [0.25, 0.3) is 5.91 Å². The molecule has 1 saturated heterocycles. The Morgan fingerprint density at radius 1 is 1.30 bits per heavy atom. The highest BCUT2D eigenvalue weighted by Gasteiger charge is 2.37. The Balaban J connectivity index is 2.19. The Morgan fingerprint density at radius 2 is 2.00 bits per heavy atom. The molecule has 1 aromatic carbocycles. The van der Waals surface area contributed by atoms with Gasteiger partial charge in [0.15, 0.2) is 0 Å². The number of carbonyl (C=O) groups is 2. The first-order valence-corrected chi connectivity index (χ1v) is 7.46. The summed E-state index contributed by atoms with van der Waals surface area (Å²) in [7, 11) is 0. The van der Waals surface area contributed by atoms with Crippen LogP contribution < -0.4 is 0 Å². The molecule has 1 aliphatic rings. The molecule has 1 aliphatic heterocycles. The maximum absolute atomic E-state index is 13.0. The van der Waals surface area contributed by atoms with Gasteiger partial charge in [-0.15, -0.1) is 0 Å². The van der Waals surface area contributed by atoms with Crippen molar-refractivity contribution in [1.29, 1.82) is 0 Å². The average molecular weight is 329 g/mol. The summed E-state index contributed by atoms with van der Waals surface area (Å²) < 4.78 is 44.0. The molecule has 0 aromatic heterocycles. The van der Waals surface area contributed by atoms with Crippen molar-refractivity contribution in [3.05, 3.63) is 35.4 Å². The summed E-state index contributed by atoms with van der Waals surface area (Å²) in [6.45, 7) is 2.34. The lowest BCUT2D eigenvalue weighted by molar-refractivity contribution is -0.149. The van der Waals surface area contributed by atoms with Gasteiger partial charge >= 0.3 is 12.1 Å². The fourth-order valence-corrected chi connectivity index (χ4v) is 2.70. The zero-order chi connectivity index (χ0) is 17.0. The van der Waals surface area contributed by atoms with E-state index in [0.29, 0.717) is 19.4 Å². The molecule has 0 N–H and O–H groups in total.